The predicted octanol–water partition coefficient (Wildman–Crippen LogP) is 1.40. The van der Waals surface area contributed by atoms with Gasteiger partial charge in [0.05, 0.1) is 4.90 Å². The van der Waals surface area contributed by atoms with Crippen LogP contribution in [-0.4, -0.2) is 20.4 Å². The highest BCUT2D eigenvalue weighted by Crippen LogP contribution is 2.20. The van der Waals surface area contributed by atoms with Gasteiger partial charge in [-0.15, -0.1) is 0 Å². The molecule has 0 saturated heterocycles. The average Bonchev–Trinajstić information content (AvgIpc) is 2.39. The maximum absolute atomic E-state index is 12.2. The number of amides is 1. The number of sulfonamides is 1. The van der Waals surface area contributed by atoms with Crippen molar-refractivity contribution in [2.45, 2.75) is 43.0 Å². The third-order valence-electron chi connectivity index (χ3n) is 3.36. The molecule has 104 valence electrons. The fourth-order valence-corrected chi connectivity index (χ4v) is 3.67. The summed E-state index contributed by atoms with van der Waals surface area (Å²) in [5.41, 5.74) is 5.36. The third-order valence-corrected chi connectivity index (χ3v) is 4.87. The number of hydrogen-bond donors (Lipinski definition) is 2. The summed E-state index contributed by atoms with van der Waals surface area (Å²) in [6.07, 6.45) is 5.00. The van der Waals surface area contributed by atoms with Crippen molar-refractivity contribution in [1.29, 1.82) is 0 Å². The van der Waals surface area contributed by atoms with E-state index in [9.17, 15) is 13.2 Å². The molecule has 0 unspecified atom stereocenters. The van der Waals surface area contributed by atoms with E-state index < -0.39 is 15.9 Å². The molecule has 5 nitrogen and oxygen atoms in total. The third kappa shape index (κ3) is 3.54. The van der Waals surface area contributed by atoms with Gasteiger partial charge in [-0.1, -0.05) is 25.3 Å². The van der Waals surface area contributed by atoms with Crippen LogP contribution in [0.25, 0.3) is 0 Å². The van der Waals surface area contributed by atoms with Crippen LogP contribution in [0.2, 0.25) is 0 Å². The molecule has 0 heterocycles. The minimum Gasteiger partial charge on any atom is -0.366 e. The Bertz CT molecular complexity index is 563. The largest absolute Gasteiger partial charge is 0.366 e. The molecule has 2 rings (SSSR count). The van der Waals surface area contributed by atoms with Crippen molar-refractivity contribution in [2.24, 2.45) is 5.73 Å². The molecule has 0 aliphatic heterocycles. The molecule has 0 spiro atoms. The summed E-state index contributed by atoms with van der Waals surface area (Å²) in [5, 5.41) is 0. The van der Waals surface area contributed by atoms with Gasteiger partial charge in [0.1, 0.15) is 0 Å². The zero-order valence-electron chi connectivity index (χ0n) is 10.6. The summed E-state index contributed by atoms with van der Waals surface area (Å²) < 4.78 is 27.1. The van der Waals surface area contributed by atoms with E-state index in [4.69, 9.17) is 5.73 Å². The molecule has 1 aliphatic rings. The van der Waals surface area contributed by atoms with Crippen molar-refractivity contribution in [3.8, 4) is 0 Å². The maximum Gasteiger partial charge on any atom is 0.248 e. The number of benzene rings is 1. The van der Waals surface area contributed by atoms with E-state index in [0.29, 0.717) is 0 Å². The highest BCUT2D eigenvalue weighted by molar-refractivity contribution is 7.89. The lowest BCUT2D eigenvalue weighted by Gasteiger charge is -2.22. The Morgan fingerprint density at radius 3 is 2.53 bits per heavy atom. The zero-order valence-corrected chi connectivity index (χ0v) is 11.4. The van der Waals surface area contributed by atoms with Gasteiger partial charge in [0.25, 0.3) is 0 Å². The van der Waals surface area contributed by atoms with Crippen molar-refractivity contribution in [3.05, 3.63) is 29.8 Å². The topological polar surface area (TPSA) is 89.3 Å². The summed E-state index contributed by atoms with van der Waals surface area (Å²) in [6.45, 7) is 0. The van der Waals surface area contributed by atoms with Gasteiger partial charge in [0.15, 0.2) is 0 Å². The molecule has 0 bridgehead atoms. The van der Waals surface area contributed by atoms with Crippen molar-refractivity contribution in [3.63, 3.8) is 0 Å². The van der Waals surface area contributed by atoms with Gasteiger partial charge in [-0.05, 0) is 31.0 Å². The fourth-order valence-electron chi connectivity index (χ4n) is 2.32. The van der Waals surface area contributed by atoms with Crippen LogP contribution < -0.4 is 10.5 Å². The second-order valence-electron chi connectivity index (χ2n) is 4.85. The summed E-state index contributed by atoms with van der Waals surface area (Å²) in [4.78, 5) is 11.2. The molecule has 1 aromatic rings. The Balaban J connectivity index is 2.18. The van der Waals surface area contributed by atoms with E-state index in [1.807, 2.05) is 0 Å². The van der Waals surface area contributed by atoms with E-state index in [-0.39, 0.29) is 16.5 Å². The Morgan fingerprint density at radius 1 is 1.21 bits per heavy atom. The van der Waals surface area contributed by atoms with Gasteiger partial charge in [-0.2, -0.15) is 0 Å². The normalized spacial score (nSPS) is 17.3. The van der Waals surface area contributed by atoms with Crippen LogP contribution in [0.1, 0.15) is 42.5 Å². The van der Waals surface area contributed by atoms with Crippen LogP contribution in [0.5, 0.6) is 0 Å². The van der Waals surface area contributed by atoms with E-state index in [1.54, 1.807) is 0 Å². The van der Waals surface area contributed by atoms with Crippen LogP contribution in [-0.2, 0) is 10.0 Å². The zero-order chi connectivity index (χ0) is 13.9. The van der Waals surface area contributed by atoms with E-state index in [1.165, 1.54) is 24.3 Å². The van der Waals surface area contributed by atoms with Crippen LogP contribution in [0.4, 0.5) is 0 Å². The molecule has 3 N–H and O–H groups in total. The summed E-state index contributed by atoms with van der Waals surface area (Å²) in [7, 11) is -3.57. The second kappa shape index (κ2) is 5.71. The number of rotatable bonds is 4. The minimum atomic E-state index is -3.57. The maximum atomic E-state index is 12.2. The molecule has 1 saturated carbocycles. The fraction of sp³-hybridized carbons (Fsp3) is 0.462. The molecular weight excluding hydrogens is 264 g/mol. The van der Waals surface area contributed by atoms with Gasteiger partial charge in [0.2, 0.25) is 15.9 Å². The Kier molecular flexibility index (Phi) is 4.21. The highest BCUT2D eigenvalue weighted by atomic mass is 32.2. The number of nitrogens with two attached hydrogens (primary N) is 1. The first-order valence-corrected chi connectivity index (χ1v) is 7.89. The van der Waals surface area contributed by atoms with Crippen molar-refractivity contribution < 1.29 is 13.2 Å². The van der Waals surface area contributed by atoms with E-state index >= 15 is 0 Å². The number of carbonyl (C=O) groups is 1. The molecule has 1 fully saturated rings. The number of primary amides is 1. The first kappa shape index (κ1) is 14.0. The predicted molar refractivity (Wildman–Crippen MR) is 72.2 cm³/mol. The summed E-state index contributed by atoms with van der Waals surface area (Å²) in [5.74, 6) is -0.630. The average molecular weight is 282 g/mol. The van der Waals surface area contributed by atoms with Gasteiger partial charge in [-0.25, -0.2) is 13.1 Å². The van der Waals surface area contributed by atoms with Crippen molar-refractivity contribution in [1.82, 2.24) is 4.72 Å². The van der Waals surface area contributed by atoms with Crippen LogP contribution in [0.15, 0.2) is 29.2 Å². The molecule has 1 aromatic carbocycles. The number of carbonyl (C=O) groups excluding carboxylic acids is 1. The van der Waals surface area contributed by atoms with E-state index in [0.717, 1.165) is 32.1 Å². The number of hydrogen-bond acceptors (Lipinski definition) is 3. The van der Waals surface area contributed by atoms with Gasteiger partial charge in [0, 0.05) is 11.6 Å². The van der Waals surface area contributed by atoms with Crippen molar-refractivity contribution in [2.75, 3.05) is 0 Å². The van der Waals surface area contributed by atoms with Gasteiger partial charge < -0.3 is 5.73 Å². The first-order valence-electron chi connectivity index (χ1n) is 6.41. The number of nitrogens with one attached hydrogen (secondary N) is 1. The molecule has 0 aromatic heterocycles. The van der Waals surface area contributed by atoms with Crippen molar-refractivity contribution >= 4 is 15.9 Å². The molecule has 6 heteroatoms. The Labute approximate surface area is 113 Å². The van der Waals surface area contributed by atoms with E-state index in [2.05, 4.69) is 4.72 Å². The molecule has 1 aliphatic carbocycles. The lowest BCUT2D eigenvalue weighted by Crippen LogP contribution is -2.36. The molecule has 1 amide bonds. The SMILES string of the molecule is NC(=O)c1cccc(S(=O)(=O)NC2CCCCC2)c1. The molecule has 0 radical (unpaired) electrons. The quantitative estimate of drug-likeness (QED) is 0.874. The monoisotopic (exact) mass is 282 g/mol. The summed E-state index contributed by atoms with van der Waals surface area (Å²) >= 11 is 0. The Morgan fingerprint density at radius 2 is 1.89 bits per heavy atom. The van der Waals surface area contributed by atoms with Gasteiger partial charge >= 0.3 is 0 Å². The lowest BCUT2D eigenvalue weighted by molar-refractivity contribution is 0.1000. The summed E-state index contributed by atoms with van der Waals surface area (Å²) in [6, 6.07) is 5.80. The molecular formula is C13H18N2O3S. The second-order valence-corrected chi connectivity index (χ2v) is 6.56. The van der Waals surface area contributed by atoms with Crippen LogP contribution >= 0.6 is 0 Å². The molecule has 0 atom stereocenters. The smallest absolute Gasteiger partial charge is 0.248 e. The highest BCUT2D eigenvalue weighted by Gasteiger charge is 2.22. The Hall–Kier alpha value is -1.40. The molecule has 19 heavy (non-hydrogen) atoms. The van der Waals surface area contributed by atoms with Crippen LogP contribution in [0, 0.1) is 0 Å². The van der Waals surface area contributed by atoms with Gasteiger partial charge in [-0.3, -0.25) is 4.79 Å². The first-order chi connectivity index (χ1) is 8.99. The minimum absolute atomic E-state index is 0.00372. The standard InChI is InChI=1S/C13H18N2O3S/c14-13(16)10-5-4-8-12(9-10)19(17,18)15-11-6-2-1-3-7-11/h4-5,8-9,11,15H,1-3,6-7H2,(H2,14,16). The van der Waals surface area contributed by atoms with Crippen LogP contribution in [0.3, 0.4) is 0 Å². The lowest BCUT2D eigenvalue weighted by atomic mass is 9.96.